The van der Waals surface area contributed by atoms with E-state index >= 15 is 0 Å². The smallest absolute Gasteiger partial charge is 0.314 e. The fraction of sp³-hybridized carbons (Fsp3) is 0.767. The highest BCUT2D eigenvalue weighted by Gasteiger charge is 2.38. The average molecular weight is 485 g/mol. The van der Waals surface area contributed by atoms with Crippen molar-refractivity contribution in [2.45, 2.75) is 129 Å². The molecule has 1 fully saturated rings. The predicted octanol–water partition coefficient (Wildman–Crippen LogP) is 8.57. The number of esters is 1. The lowest BCUT2D eigenvalue weighted by molar-refractivity contribution is -0.140. The molecule has 1 aliphatic carbocycles. The van der Waals surface area contributed by atoms with E-state index in [0.29, 0.717) is 18.2 Å². The molecule has 1 aromatic rings. The van der Waals surface area contributed by atoms with Gasteiger partial charge in [-0.2, -0.15) is 5.26 Å². The highest BCUT2D eigenvalue weighted by atomic mass is 16.5. The van der Waals surface area contributed by atoms with Crippen LogP contribution in [0.5, 0.6) is 11.6 Å². The van der Waals surface area contributed by atoms with Gasteiger partial charge in [-0.3, -0.25) is 4.79 Å². The Balaban J connectivity index is 1.63. The predicted molar refractivity (Wildman–Crippen MR) is 141 cm³/mol. The SMILES string of the molecule is CCCCCCCCCCOc1ccc(OC(=O)[C@H]2CC[C@@](C#N)(CCCCCCC)CC2)cn1. The van der Waals surface area contributed by atoms with Gasteiger partial charge >= 0.3 is 5.97 Å². The van der Waals surface area contributed by atoms with Crippen LogP contribution < -0.4 is 9.47 Å². The molecule has 0 amide bonds. The van der Waals surface area contributed by atoms with Crippen LogP contribution in [0.25, 0.3) is 0 Å². The molecule has 0 unspecified atom stereocenters. The lowest BCUT2D eigenvalue weighted by Crippen LogP contribution is -2.31. The zero-order chi connectivity index (χ0) is 25.2. The Morgan fingerprint density at radius 1 is 0.943 bits per heavy atom. The van der Waals surface area contributed by atoms with Crippen LogP contribution in [0.1, 0.15) is 129 Å². The lowest BCUT2D eigenvalue weighted by atomic mass is 9.69. The second-order valence-corrected chi connectivity index (χ2v) is 10.4. The van der Waals surface area contributed by atoms with E-state index in [1.807, 2.05) is 0 Å². The number of hydrogen-bond donors (Lipinski definition) is 0. The topological polar surface area (TPSA) is 72.2 Å². The molecule has 35 heavy (non-hydrogen) atoms. The summed E-state index contributed by atoms with van der Waals surface area (Å²) in [6.45, 7) is 5.13. The first-order chi connectivity index (χ1) is 17.1. The molecule has 0 bridgehead atoms. The molecule has 196 valence electrons. The maximum Gasteiger partial charge on any atom is 0.314 e. The number of unbranched alkanes of at least 4 members (excludes halogenated alkanes) is 11. The Kier molecular flexibility index (Phi) is 14.5. The molecule has 5 heteroatoms. The number of carbonyl (C=O) groups excluding carboxylic acids is 1. The van der Waals surface area contributed by atoms with Crippen LogP contribution in [0.4, 0.5) is 0 Å². The van der Waals surface area contributed by atoms with Gasteiger partial charge in [0, 0.05) is 6.07 Å². The van der Waals surface area contributed by atoms with Gasteiger partial charge in [-0.1, -0.05) is 90.9 Å². The van der Waals surface area contributed by atoms with Gasteiger partial charge in [-0.15, -0.1) is 0 Å². The normalized spacial score (nSPS) is 19.7. The number of rotatable bonds is 18. The minimum absolute atomic E-state index is 0.130. The van der Waals surface area contributed by atoms with Crippen molar-refractivity contribution in [3.8, 4) is 17.7 Å². The van der Waals surface area contributed by atoms with E-state index in [4.69, 9.17) is 9.47 Å². The fourth-order valence-corrected chi connectivity index (χ4v) is 5.02. The second-order valence-electron chi connectivity index (χ2n) is 10.4. The lowest BCUT2D eigenvalue weighted by Gasteiger charge is -2.34. The number of nitriles is 1. The van der Waals surface area contributed by atoms with Crippen LogP contribution >= 0.6 is 0 Å². The van der Waals surface area contributed by atoms with Gasteiger partial charge in [0.2, 0.25) is 5.88 Å². The van der Waals surface area contributed by atoms with Gasteiger partial charge in [0.15, 0.2) is 0 Å². The van der Waals surface area contributed by atoms with E-state index in [1.54, 1.807) is 18.3 Å². The summed E-state index contributed by atoms with van der Waals surface area (Å²) in [5.41, 5.74) is -0.251. The molecule has 0 radical (unpaired) electrons. The fourth-order valence-electron chi connectivity index (χ4n) is 5.02. The minimum atomic E-state index is -0.251. The molecule has 1 aromatic heterocycles. The van der Waals surface area contributed by atoms with E-state index in [1.165, 1.54) is 70.6 Å². The molecule has 1 saturated carbocycles. The zero-order valence-electron chi connectivity index (χ0n) is 22.4. The van der Waals surface area contributed by atoms with Crippen LogP contribution in [0, 0.1) is 22.7 Å². The van der Waals surface area contributed by atoms with E-state index in [-0.39, 0.29) is 17.3 Å². The summed E-state index contributed by atoms with van der Waals surface area (Å²) in [4.78, 5) is 17.0. The molecule has 5 nitrogen and oxygen atoms in total. The summed E-state index contributed by atoms with van der Waals surface area (Å²) in [6, 6.07) is 6.11. The maximum atomic E-state index is 12.7. The Labute approximate surface area is 214 Å². The summed E-state index contributed by atoms with van der Waals surface area (Å²) < 4.78 is 11.3. The van der Waals surface area contributed by atoms with Gasteiger partial charge in [-0.25, -0.2) is 4.98 Å². The summed E-state index contributed by atoms with van der Waals surface area (Å²) in [5, 5.41) is 9.79. The largest absolute Gasteiger partial charge is 0.478 e. The quantitative estimate of drug-likeness (QED) is 0.154. The van der Waals surface area contributed by atoms with Gasteiger partial charge < -0.3 is 9.47 Å². The van der Waals surface area contributed by atoms with Crippen molar-refractivity contribution >= 4 is 5.97 Å². The van der Waals surface area contributed by atoms with Crippen molar-refractivity contribution < 1.29 is 14.3 Å². The molecule has 0 saturated heterocycles. The average Bonchev–Trinajstić information content (AvgIpc) is 2.89. The highest BCUT2D eigenvalue weighted by molar-refractivity contribution is 5.75. The number of nitrogens with zero attached hydrogens (tertiary/aromatic N) is 2. The van der Waals surface area contributed by atoms with Crippen LogP contribution in [-0.4, -0.2) is 17.6 Å². The third-order valence-electron chi connectivity index (χ3n) is 7.45. The molecule has 0 aliphatic heterocycles. The van der Waals surface area contributed by atoms with Gasteiger partial charge in [-0.05, 0) is 44.6 Å². The van der Waals surface area contributed by atoms with Crippen molar-refractivity contribution in [1.82, 2.24) is 4.98 Å². The number of pyridine rings is 1. The second kappa shape index (κ2) is 17.4. The van der Waals surface area contributed by atoms with Crippen molar-refractivity contribution in [2.24, 2.45) is 11.3 Å². The Bertz CT molecular complexity index is 733. The molecular weight excluding hydrogens is 436 g/mol. The molecular formula is C30H48N2O3. The Morgan fingerprint density at radius 2 is 1.54 bits per heavy atom. The van der Waals surface area contributed by atoms with E-state index in [9.17, 15) is 10.1 Å². The van der Waals surface area contributed by atoms with E-state index < -0.39 is 0 Å². The highest BCUT2D eigenvalue weighted by Crippen LogP contribution is 2.42. The third-order valence-corrected chi connectivity index (χ3v) is 7.45. The molecule has 0 atom stereocenters. The molecule has 0 aromatic carbocycles. The number of carbonyl (C=O) groups is 1. The third kappa shape index (κ3) is 11.5. The summed E-state index contributed by atoms with van der Waals surface area (Å²) in [5.74, 6) is 0.703. The first-order valence-electron chi connectivity index (χ1n) is 14.3. The molecule has 0 N–H and O–H groups in total. The molecule has 1 heterocycles. The van der Waals surface area contributed by atoms with Gasteiger partial charge in [0.05, 0.1) is 30.2 Å². The van der Waals surface area contributed by atoms with Gasteiger partial charge in [0.25, 0.3) is 0 Å². The number of aromatic nitrogens is 1. The van der Waals surface area contributed by atoms with Crippen molar-refractivity contribution in [2.75, 3.05) is 6.61 Å². The maximum absolute atomic E-state index is 12.7. The minimum Gasteiger partial charge on any atom is -0.478 e. The van der Waals surface area contributed by atoms with Crippen LogP contribution in [0.3, 0.4) is 0 Å². The van der Waals surface area contributed by atoms with E-state index in [0.717, 1.165) is 44.9 Å². The summed E-state index contributed by atoms with van der Waals surface area (Å²) in [6.07, 6.45) is 21.8. The van der Waals surface area contributed by atoms with Crippen molar-refractivity contribution in [3.05, 3.63) is 18.3 Å². The first-order valence-corrected chi connectivity index (χ1v) is 14.3. The van der Waals surface area contributed by atoms with E-state index in [2.05, 4.69) is 24.9 Å². The van der Waals surface area contributed by atoms with Gasteiger partial charge in [0.1, 0.15) is 5.75 Å². The summed E-state index contributed by atoms with van der Waals surface area (Å²) in [7, 11) is 0. The zero-order valence-corrected chi connectivity index (χ0v) is 22.4. The molecule has 1 aliphatic rings. The number of hydrogen-bond acceptors (Lipinski definition) is 5. The summed E-state index contributed by atoms with van der Waals surface area (Å²) >= 11 is 0. The standard InChI is InChI=1S/C30H48N2O3/c1-3-5-7-9-10-11-13-15-23-34-28-17-16-27(24-32-28)35-29(33)26-18-21-30(25-31,22-19-26)20-14-12-8-6-4-2/h16-17,24,26H,3-15,18-23H2,1-2H3/t26-,30-. The van der Waals surface area contributed by atoms with Crippen LogP contribution in [0.2, 0.25) is 0 Å². The Hall–Kier alpha value is -2.09. The monoisotopic (exact) mass is 484 g/mol. The van der Waals surface area contributed by atoms with Crippen LogP contribution in [-0.2, 0) is 4.79 Å². The van der Waals surface area contributed by atoms with Crippen molar-refractivity contribution in [3.63, 3.8) is 0 Å². The Morgan fingerprint density at radius 3 is 2.11 bits per heavy atom. The molecule has 2 rings (SSSR count). The van der Waals surface area contributed by atoms with Crippen molar-refractivity contribution in [1.29, 1.82) is 5.26 Å². The first kappa shape index (κ1) is 29.1. The number of ether oxygens (including phenoxy) is 2. The van der Waals surface area contributed by atoms with Crippen LogP contribution in [0.15, 0.2) is 18.3 Å². The molecule has 0 spiro atoms.